The van der Waals surface area contributed by atoms with Crippen molar-refractivity contribution in [2.75, 3.05) is 0 Å². The molecule has 100 valence electrons. The van der Waals surface area contributed by atoms with Gasteiger partial charge in [-0.05, 0) is 0 Å². The summed E-state index contributed by atoms with van der Waals surface area (Å²) in [6, 6.07) is 0. The normalized spacial score (nSPS) is 6.83. The summed E-state index contributed by atoms with van der Waals surface area (Å²) in [5.41, 5.74) is 14.0. The van der Waals surface area contributed by atoms with Crippen molar-refractivity contribution in [1.82, 2.24) is 4.98 Å². The molecule has 0 spiro atoms. The van der Waals surface area contributed by atoms with E-state index in [-0.39, 0.29) is 13.0 Å². The summed E-state index contributed by atoms with van der Waals surface area (Å²) in [5.74, 6) is 0. The van der Waals surface area contributed by atoms with Gasteiger partial charge in [-0.3, -0.25) is 0 Å². The maximum absolute atomic E-state index is 4.66. The number of nitrogens with two attached hydrogens (primary N) is 3. The molecule has 4 nitrogen and oxygen atoms in total. The fraction of sp³-hybridized carbons (Fsp3) is 0. The van der Waals surface area contributed by atoms with E-state index in [1.165, 1.54) is 0 Å². The van der Waals surface area contributed by atoms with Crippen molar-refractivity contribution < 1.29 is 19.8 Å². The fourth-order valence-corrected chi connectivity index (χ4v) is 1.13. The van der Waals surface area contributed by atoms with Gasteiger partial charge in [-0.1, -0.05) is 13.0 Å². The van der Waals surface area contributed by atoms with E-state index >= 15 is 0 Å². The van der Waals surface area contributed by atoms with Crippen LogP contribution in [0.2, 0.25) is 0 Å². The predicted molar refractivity (Wildman–Crippen MR) is 94.2 cm³/mol. The van der Waals surface area contributed by atoms with Crippen LogP contribution in [-0.2, 0) is 57.7 Å². The summed E-state index contributed by atoms with van der Waals surface area (Å²) < 4.78 is 1.39. The molecule has 0 radical (unpaired) electrons. The van der Waals surface area contributed by atoms with Crippen molar-refractivity contribution in [3.05, 3.63) is 11.6 Å². The zero-order chi connectivity index (χ0) is 15.1. The van der Waals surface area contributed by atoms with E-state index in [2.05, 4.69) is 96.7 Å². The van der Waals surface area contributed by atoms with Crippen LogP contribution in [0.1, 0.15) is 0 Å². The number of nitrogens with zero attached hydrogens (tertiary/aromatic N) is 1. The number of hydrogen-bond acceptors (Lipinski definition) is 8. The van der Waals surface area contributed by atoms with Crippen LogP contribution in [0.25, 0.3) is 0 Å². The van der Waals surface area contributed by atoms with Crippen LogP contribution in [0.3, 0.4) is 0 Å². The number of hydrogen-bond donors (Lipinski definition) is 3. The Labute approximate surface area is 154 Å². The first-order valence-corrected chi connectivity index (χ1v) is 7.88. The third-order valence-corrected chi connectivity index (χ3v) is 1.94. The van der Waals surface area contributed by atoms with Crippen LogP contribution in [0.4, 0.5) is 0 Å². The summed E-state index contributed by atoms with van der Waals surface area (Å²) in [7, 11) is 0. The number of thiazole rings is 1. The molecular formula is C6H8MoN4S7. The summed E-state index contributed by atoms with van der Waals surface area (Å²) in [5, 5.41) is 1.97. The average Bonchev–Trinajstić information content (AvgIpc) is 2.51. The molecule has 0 saturated heterocycles. The van der Waals surface area contributed by atoms with Crippen LogP contribution in [0.5, 0.6) is 0 Å². The van der Waals surface area contributed by atoms with Crippen molar-refractivity contribution in [2.24, 2.45) is 17.2 Å². The Morgan fingerprint density at radius 3 is 1.39 bits per heavy atom. The van der Waals surface area contributed by atoms with Gasteiger partial charge in [-0.15, -0.1) is 0 Å². The average molecular weight is 457 g/mol. The molecule has 0 unspecified atom stereocenters. The van der Waals surface area contributed by atoms with Gasteiger partial charge in [0, 0.05) is 0 Å². The van der Waals surface area contributed by atoms with Gasteiger partial charge in [0.05, 0.1) is 0 Å². The standard InChI is InChI=1S/C3H2NS.3CH3NS2.Mo/c1-2-5-3-4-1;3*2-1(3)4;/h1-2H;3*(H3,2,3,4);/q;;;;+3/p-3. The molecular weight excluding hydrogens is 449 g/mol. The topological polar surface area (TPSA) is 91.0 Å². The minimum absolute atomic E-state index is 0.0833. The first-order chi connectivity index (χ1) is 8.09. The zero-order valence-corrected chi connectivity index (χ0v) is 16.3. The Morgan fingerprint density at radius 2 is 1.33 bits per heavy atom. The van der Waals surface area contributed by atoms with E-state index in [0.717, 1.165) is 3.40 Å². The molecule has 0 aliphatic rings. The van der Waals surface area contributed by atoms with Crippen LogP contribution < -0.4 is 20.6 Å². The number of thiocarbonyl (C=S) groups is 3. The van der Waals surface area contributed by atoms with Gasteiger partial charge in [0.1, 0.15) is 0 Å². The summed E-state index contributed by atoms with van der Waals surface area (Å²) in [4.78, 5) is 3.94. The monoisotopic (exact) mass is 458 g/mol. The molecule has 0 aliphatic carbocycles. The Kier molecular flexibility index (Phi) is 23.3. The molecule has 0 saturated carbocycles. The molecule has 0 aliphatic heterocycles. The second-order valence-electron chi connectivity index (χ2n) is 1.76. The molecule has 1 rings (SSSR count). The molecule has 1 aromatic heterocycles. The van der Waals surface area contributed by atoms with Crippen molar-refractivity contribution in [1.29, 1.82) is 0 Å². The van der Waals surface area contributed by atoms with Crippen LogP contribution in [-0.4, -0.2) is 17.9 Å². The van der Waals surface area contributed by atoms with Gasteiger partial charge in [0.25, 0.3) is 0 Å². The van der Waals surface area contributed by atoms with Gasteiger partial charge < -0.3 is 91.7 Å². The fourth-order valence-electron chi connectivity index (χ4n) is 0.210. The van der Waals surface area contributed by atoms with Crippen molar-refractivity contribution in [2.45, 2.75) is 0 Å². The molecule has 0 fully saturated rings. The third-order valence-electron chi connectivity index (χ3n) is 0.410. The summed E-state index contributed by atoms with van der Waals surface area (Å²) >= 11 is 28.4. The van der Waals surface area contributed by atoms with Gasteiger partial charge in [-0.2, -0.15) is 0 Å². The van der Waals surface area contributed by atoms with Crippen LogP contribution in [0.15, 0.2) is 11.6 Å². The van der Waals surface area contributed by atoms with Gasteiger partial charge in [0.2, 0.25) is 0 Å². The summed E-state index contributed by atoms with van der Waals surface area (Å²) in [6.45, 7) is 0. The van der Waals surface area contributed by atoms with Gasteiger partial charge >= 0.3 is 51.1 Å². The van der Waals surface area contributed by atoms with Crippen molar-refractivity contribution in [3.63, 3.8) is 0 Å². The zero-order valence-electron chi connectivity index (χ0n) is 8.60. The molecule has 0 atom stereocenters. The molecule has 12 heteroatoms. The third kappa shape index (κ3) is 69.7. The van der Waals surface area contributed by atoms with Crippen molar-refractivity contribution >= 4 is 102 Å². The second-order valence-corrected chi connectivity index (χ2v) is 7.70. The van der Waals surface area contributed by atoms with E-state index < -0.39 is 0 Å². The molecule has 18 heavy (non-hydrogen) atoms. The van der Waals surface area contributed by atoms with E-state index in [9.17, 15) is 0 Å². The van der Waals surface area contributed by atoms with Gasteiger partial charge in [-0.25, -0.2) is 0 Å². The molecule has 0 bridgehead atoms. The summed E-state index contributed by atoms with van der Waals surface area (Å²) in [6.07, 6.45) is 1.81. The molecule has 0 aromatic carbocycles. The number of aromatic nitrogens is 1. The van der Waals surface area contributed by atoms with E-state index in [1.807, 2.05) is 31.4 Å². The Bertz CT molecular complexity index is 301. The SMILES string of the molecule is NC(=S)[S-].NC(=S)[S-].NC(=S)[S-].[Mo+3][c]1nccs1. The van der Waals surface area contributed by atoms with E-state index in [1.54, 1.807) is 11.3 Å². The Balaban J connectivity index is -0.000000171. The first-order valence-electron chi connectivity index (χ1n) is 3.55. The van der Waals surface area contributed by atoms with Crippen molar-refractivity contribution in [3.8, 4) is 0 Å². The predicted octanol–water partition coefficient (Wildman–Crippen LogP) is -0.354. The molecule has 0 amide bonds. The van der Waals surface area contributed by atoms with Crippen LogP contribution in [0, 0.1) is 0 Å². The number of rotatable bonds is 0. The van der Waals surface area contributed by atoms with E-state index in [0.29, 0.717) is 0 Å². The van der Waals surface area contributed by atoms with Crippen LogP contribution >= 0.6 is 48.0 Å². The van der Waals surface area contributed by atoms with E-state index in [4.69, 9.17) is 0 Å². The first kappa shape index (κ1) is 23.7. The Morgan fingerprint density at radius 1 is 1.06 bits per heavy atom. The maximum atomic E-state index is 4.66. The second kappa shape index (κ2) is 17.6. The Hall–Kier alpha value is 0.648. The quantitative estimate of drug-likeness (QED) is 0.273. The molecule has 1 aromatic rings. The molecule has 1 heterocycles. The molecule has 6 N–H and O–H groups in total. The minimum atomic E-state index is 0.0833. The van der Waals surface area contributed by atoms with Gasteiger partial charge in [0.15, 0.2) is 0 Å².